The van der Waals surface area contributed by atoms with Crippen molar-refractivity contribution in [3.8, 4) is 0 Å². The molecule has 1 saturated heterocycles. The molecule has 0 saturated carbocycles. The number of rotatable bonds is 4. The summed E-state index contributed by atoms with van der Waals surface area (Å²) in [5.74, 6) is -0.347. The van der Waals surface area contributed by atoms with Gasteiger partial charge in [-0.3, -0.25) is 4.79 Å². The minimum absolute atomic E-state index is 0.173. The van der Waals surface area contributed by atoms with Crippen molar-refractivity contribution in [1.29, 1.82) is 0 Å². The van der Waals surface area contributed by atoms with Crippen LogP contribution in [0.3, 0.4) is 0 Å². The molecule has 1 amide bonds. The van der Waals surface area contributed by atoms with E-state index in [-0.39, 0.29) is 18.4 Å². The topological polar surface area (TPSA) is 52.6 Å². The zero-order chi connectivity index (χ0) is 14.6. The number of aliphatic hydroxyl groups is 1. The van der Waals surface area contributed by atoms with Crippen LogP contribution in [0, 0.1) is 5.92 Å². The quantitative estimate of drug-likeness (QED) is 0.813. The summed E-state index contributed by atoms with van der Waals surface area (Å²) in [6.07, 6.45) is -3.87. The van der Waals surface area contributed by atoms with Gasteiger partial charge in [0.25, 0.3) is 0 Å². The maximum Gasteiger partial charge on any atom is 0.401 e. The maximum atomic E-state index is 12.2. The zero-order valence-electron chi connectivity index (χ0n) is 11.2. The molecule has 3 unspecified atom stereocenters. The Balaban J connectivity index is 2.62. The van der Waals surface area contributed by atoms with Crippen molar-refractivity contribution in [2.75, 3.05) is 19.6 Å². The SMILES string of the molecule is CCC(O)C1CC(NCC(F)(F)F)CN(C(C)=O)C1. The van der Waals surface area contributed by atoms with Crippen molar-refractivity contribution >= 4 is 5.91 Å². The number of piperidine rings is 1. The first kappa shape index (κ1) is 16.2. The smallest absolute Gasteiger partial charge is 0.393 e. The predicted molar refractivity (Wildman–Crippen MR) is 64.5 cm³/mol. The minimum Gasteiger partial charge on any atom is -0.393 e. The highest BCUT2D eigenvalue weighted by Crippen LogP contribution is 2.23. The number of halogens is 3. The van der Waals surface area contributed by atoms with Crippen LogP contribution in [-0.4, -0.2) is 53.9 Å². The molecule has 7 heteroatoms. The first-order valence-electron chi connectivity index (χ1n) is 6.46. The van der Waals surface area contributed by atoms with Crippen LogP contribution in [0.2, 0.25) is 0 Å². The number of nitrogens with zero attached hydrogens (tertiary/aromatic N) is 1. The average molecular weight is 282 g/mol. The molecular formula is C12H21F3N2O2. The van der Waals surface area contributed by atoms with Crippen LogP contribution in [0.4, 0.5) is 13.2 Å². The van der Waals surface area contributed by atoms with Crippen molar-refractivity contribution < 1.29 is 23.1 Å². The van der Waals surface area contributed by atoms with E-state index in [9.17, 15) is 23.1 Å². The molecule has 1 heterocycles. The van der Waals surface area contributed by atoms with Crippen molar-refractivity contribution in [1.82, 2.24) is 10.2 Å². The number of hydrogen-bond donors (Lipinski definition) is 2. The molecule has 2 N–H and O–H groups in total. The summed E-state index contributed by atoms with van der Waals surface area (Å²) in [5.41, 5.74) is 0. The Kier molecular flexibility index (Phi) is 5.61. The maximum absolute atomic E-state index is 12.2. The summed E-state index contributed by atoms with van der Waals surface area (Å²) in [5, 5.41) is 12.3. The Labute approximate surface area is 111 Å². The van der Waals surface area contributed by atoms with E-state index < -0.39 is 24.9 Å². The van der Waals surface area contributed by atoms with Crippen LogP contribution in [0.1, 0.15) is 26.7 Å². The molecule has 1 aliphatic rings. The Bertz CT molecular complexity index is 310. The number of amides is 1. The van der Waals surface area contributed by atoms with Gasteiger partial charge < -0.3 is 15.3 Å². The second-order valence-corrected chi connectivity index (χ2v) is 5.09. The summed E-state index contributed by atoms with van der Waals surface area (Å²) in [6, 6.07) is -0.425. The molecule has 0 aromatic carbocycles. The van der Waals surface area contributed by atoms with Gasteiger partial charge in [-0.05, 0) is 12.8 Å². The standard InChI is InChI=1S/C12H21F3N2O2/c1-3-11(19)9-4-10(16-7-12(13,14)15)6-17(5-9)8(2)18/h9-11,16,19H,3-7H2,1-2H3. The molecular weight excluding hydrogens is 261 g/mol. The lowest BCUT2D eigenvalue weighted by Gasteiger charge is -2.39. The van der Waals surface area contributed by atoms with E-state index in [1.165, 1.54) is 11.8 Å². The fourth-order valence-corrected chi connectivity index (χ4v) is 2.42. The number of hydrogen-bond acceptors (Lipinski definition) is 3. The van der Waals surface area contributed by atoms with E-state index in [2.05, 4.69) is 5.32 Å². The summed E-state index contributed by atoms with van der Waals surface area (Å²) in [6.45, 7) is 2.81. The summed E-state index contributed by atoms with van der Waals surface area (Å²) >= 11 is 0. The van der Waals surface area contributed by atoms with Gasteiger partial charge in [0.1, 0.15) is 0 Å². The van der Waals surface area contributed by atoms with Crippen molar-refractivity contribution in [3.63, 3.8) is 0 Å². The highest BCUT2D eigenvalue weighted by atomic mass is 19.4. The molecule has 1 rings (SSSR count). The fourth-order valence-electron chi connectivity index (χ4n) is 2.42. The fraction of sp³-hybridized carbons (Fsp3) is 0.917. The molecule has 0 spiro atoms. The van der Waals surface area contributed by atoms with Crippen LogP contribution in [0.25, 0.3) is 0 Å². The van der Waals surface area contributed by atoms with E-state index >= 15 is 0 Å². The van der Waals surface area contributed by atoms with E-state index in [1.807, 2.05) is 6.92 Å². The van der Waals surface area contributed by atoms with E-state index in [0.717, 1.165) is 0 Å². The van der Waals surface area contributed by atoms with Gasteiger partial charge in [0.2, 0.25) is 5.91 Å². The Morgan fingerprint density at radius 1 is 1.47 bits per heavy atom. The predicted octanol–water partition coefficient (Wildman–Crippen LogP) is 1.15. The third-order valence-corrected chi connectivity index (χ3v) is 3.48. The first-order chi connectivity index (χ1) is 8.73. The number of likely N-dealkylation sites (tertiary alicyclic amines) is 1. The van der Waals surface area contributed by atoms with E-state index in [4.69, 9.17) is 0 Å². The zero-order valence-corrected chi connectivity index (χ0v) is 11.2. The molecule has 0 radical (unpaired) electrons. The van der Waals surface area contributed by atoms with Crippen LogP contribution < -0.4 is 5.32 Å². The number of alkyl halides is 3. The molecule has 0 aliphatic carbocycles. The van der Waals surface area contributed by atoms with Crippen LogP contribution in [0.15, 0.2) is 0 Å². The van der Waals surface area contributed by atoms with Gasteiger partial charge in [0.05, 0.1) is 12.6 Å². The number of carbonyl (C=O) groups excluding carboxylic acids is 1. The van der Waals surface area contributed by atoms with Crippen LogP contribution in [-0.2, 0) is 4.79 Å². The van der Waals surface area contributed by atoms with E-state index in [0.29, 0.717) is 19.4 Å². The van der Waals surface area contributed by atoms with Crippen molar-refractivity contribution in [3.05, 3.63) is 0 Å². The second-order valence-electron chi connectivity index (χ2n) is 5.09. The van der Waals surface area contributed by atoms with Gasteiger partial charge in [-0.1, -0.05) is 6.92 Å². The lowest BCUT2D eigenvalue weighted by molar-refractivity contribution is -0.134. The highest BCUT2D eigenvalue weighted by Gasteiger charge is 2.34. The lowest BCUT2D eigenvalue weighted by atomic mass is 9.88. The molecule has 1 aliphatic heterocycles. The Hall–Kier alpha value is -0.820. The monoisotopic (exact) mass is 282 g/mol. The van der Waals surface area contributed by atoms with Crippen molar-refractivity contribution in [2.45, 2.75) is 45.0 Å². The minimum atomic E-state index is -4.27. The first-order valence-corrected chi connectivity index (χ1v) is 6.46. The van der Waals surface area contributed by atoms with Gasteiger partial charge >= 0.3 is 6.18 Å². The van der Waals surface area contributed by atoms with Gasteiger partial charge in [0, 0.05) is 32.0 Å². The second kappa shape index (κ2) is 6.56. The summed E-state index contributed by atoms with van der Waals surface area (Å²) in [7, 11) is 0. The molecule has 0 aromatic rings. The van der Waals surface area contributed by atoms with Crippen LogP contribution in [0.5, 0.6) is 0 Å². The molecule has 0 aromatic heterocycles. The molecule has 4 nitrogen and oxygen atoms in total. The largest absolute Gasteiger partial charge is 0.401 e. The third-order valence-electron chi connectivity index (χ3n) is 3.48. The number of nitrogens with one attached hydrogen (secondary N) is 1. The third kappa shape index (κ3) is 5.36. The van der Waals surface area contributed by atoms with Gasteiger partial charge in [-0.2, -0.15) is 13.2 Å². The summed E-state index contributed by atoms with van der Waals surface area (Å²) < 4.78 is 36.6. The molecule has 1 fully saturated rings. The molecule has 19 heavy (non-hydrogen) atoms. The van der Waals surface area contributed by atoms with Crippen LogP contribution >= 0.6 is 0 Å². The number of carbonyl (C=O) groups is 1. The highest BCUT2D eigenvalue weighted by molar-refractivity contribution is 5.73. The Morgan fingerprint density at radius 3 is 2.58 bits per heavy atom. The van der Waals surface area contributed by atoms with Gasteiger partial charge in [-0.15, -0.1) is 0 Å². The Morgan fingerprint density at radius 2 is 2.11 bits per heavy atom. The van der Waals surface area contributed by atoms with E-state index in [1.54, 1.807) is 0 Å². The normalized spacial score (nSPS) is 26.3. The van der Waals surface area contributed by atoms with Gasteiger partial charge in [-0.25, -0.2) is 0 Å². The van der Waals surface area contributed by atoms with Crippen molar-refractivity contribution in [2.24, 2.45) is 5.92 Å². The summed E-state index contributed by atoms with van der Waals surface area (Å²) in [4.78, 5) is 12.9. The number of aliphatic hydroxyl groups excluding tert-OH is 1. The lowest BCUT2D eigenvalue weighted by Crippen LogP contribution is -2.54. The average Bonchev–Trinajstić information content (AvgIpc) is 2.34. The van der Waals surface area contributed by atoms with Gasteiger partial charge in [0.15, 0.2) is 0 Å². The molecule has 0 bridgehead atoms. The molecule has 112 valence electrons. The molecule has 3 atom stereocenters.